The topological polar surface area (TPSA) is 160 Å². The van der Waals surface area contributed by atoms with Crippen molar-refractivity contribution in [2.24, 2.45) is 5.92 Å². The van der Waals surface area contributed by atoms with Gasteiger partial charge in [-0.15, -0.1) is 0 Å². The lowest BCUT2D eigenvalue weighted by atomic mass is 9.72. The van der Waals surface area contributed by atoms with Crippen LogP contribution in [0, 0.1) is 5.92 Å². The number of nitrogens with two attached hydrogens (primary N) is 1. The first-order valence-electron chi connectivity index (χ1n) is 9.23. The number of alkyl halides is 1. The fraction of sp³-hybridized carbons (Fsp3) is 0.421. The van der Waals surface area contributed by atoms with Crippen molar-refractivity contribution in [2.45, 2.75) is 34.6 Å². The van der Waals surface area contributed by atoms with Gasteiger partial charge in [0.05, 0.1) is 12.9 Å². The van der Waals surface area contributed by atoms with Crippen LogP contribution in [0.1, 0.15) is 19.4 Å². The third-order valence-electron chi connectivity index (χ3n) is 5.76. The Hall–Kier alpha value is -1.90. The number of hydrogen-bond donors (Lipinski definition) is 5. The molecule has 1 fully saturated rings. The molecule has 1 aliphatic rings. The third-order valence-corrected chi connectivity index (χ3v) is 7.07. The van der Waals surface area contributed by atoms with Gasteiger partial charge >= 0.3 is 0 Å². The number of aliphatic hydroxyl groups excluding tert-OH is 1. The number of nitrogens with zero attached hydrogens (tertiary/aromatic N) is 4. The van der Waals surface area contributed by atoms with Gasteiger partial charge in [0.2, 0.25) is 9.39 Å². The van der Waals surface area contributed by atoms with E-state index in [2.05, 4.69) is 15.0 Å². The van der Waals surface area contributed by atoms with Gasteiger partial charge < -0.3 is 30.9 Å². The van der Waals surface area contributed by atoms with E-state index in [1.807, 2.05) is 0 Å². The van der Waals surface area contributed by atoms with Crippen molar-refractivity contribution in [3.05, 3.63) is 48.5 Å². The highest BCUT2D eigenvalue weighted by molar-refractivity contribution is 14.1. The molecule has 1 aromatic carbocycles. The summed E-state index contributed by atoms with van der Waals surface area (Å²) in [6, 6.07) is 8.17. The predicted octanol–water partition coefficient (Wildman–Crippen LogP) is 0.440. The first-order chi connectivity index (χ1) is 14.1. The zero-order valence-electron chi connectivity index (χ0n) is 16.3. The quantitative estimate of drug-likeness (QED) is 0.184. The minimum Gasteiger partial charge on any atom is -0.392 e. The molecule has 0 bridgehead atoms. The van der Waals surface area contributed by atoms with E-state index in [1.54, 1.807) is 66.8 Å². The van der Waals surface area contributed by atoms with Gasteiger partial charge in [0.1, 0.15) is 11.8 Å². The molecular formula is C19H22IN5O5. The fourth-order valence-electron chi connectivity index (χ4n) is 4.27. The zero-order chi connectivity index (χ0) is 21.9. The molecule has 0 radical (unpaired) electrons. The molecule has 2 aromatic heterocycles. The first kappa shape index (κ1) is 21.3. The van der Waals surface area contributed by atoms with Crippen molar-refractivity contribution >= 4 is 39.6 Å². The van der Waals surface area contributed by atoms with E-state index in [9.17, 15) is 20.4 Å². The smallest absolute Gasteiger partial charge is 0.244 e. The number of anilines is 1. The molecule has 11 heteroatoms. The second kappa shape index (κ2) is 6.80. The Balaban J connectivity index is 2.15. The van der Waals surface area contributed by atoms with Crippen LogP contribution in [0.3, 0.4) is 0 Å². The Morgan fingerprint density at radius 3 is 2.40 bits per heavy atom. The summed E-state index contributed by atoms with van der Waals surface area (Å²) < 4.78 is 5.68. The number of halogens is 1. The molecule has 3 aromatic rings. The molecule has 4 rings (SSSR count). The number of ether oxygens (including phenoxy) is 1. The van der Waals surface area contributed by atoms with E-state index < -0.39 is 33.2 Å². The number of aromatic nitrogens is 4. The van der Waals surface area contributed by atoms with Crippen molar-refractivity contribution in [1.29, 1.82) is 0 Å². The van der Waals surface area contributed by atoms with Gasteiger partial charge in [-0.05, 0) is 28.2 Å². The molecule has 1 saturated heterocycles. The first-order valence-corrected chi connectivity index (χ1v) is 10.3. The maximum atomic E-state index is 12.2. The number of benzene rings is 1. The average Bonchev–Trinajstić information content (AvgIpc) is 3.22. The van der Waals surface area contributed by atoms with Crippen molar-refractivity contribution < 1.29 is 25.2 Å². The molecule has 3 atom stereocenters. The summed E-state index contributed by atoms with van der Waals surface area (Å²) in [4.78, 5) is 12.4. The summed E-state index contributed by atoms with van der Waals surface area (Å²) in [5, 5.41) is 44.9. The Morgan fingerprint density at radius 1 is 1.13 bits per heavy atom. The summed E-state index contributed by atoms with van der Waals surface area (Å²) in [5.74, 6) is -3.34. The molecule has 0 amide bonds. The Kier molecular flexibility index (Phi) is 4.84. The summed E-state index contributed by atoms with van der Waals surface area (Å²) >= 11 is 1.61. The summed E-state index contributed by atoms with van der Waals surface area (Å²) in [6.07, 6.45) is 2.61. The number of fused-ring (bicyclic) bond motifs is 1. The molecule has 1 aliphatic heterocycles. The number of nitrogen functional groups attached to an aromatic ring is 1. The van der Waals surface area contributed by atoms with Crippen LogP contribution in [0.15, 0.2) is 43.0 Å². The van der Waals surface area contributed by atoms with Gasteiger partial charge in [0, 0.05) is 5.92 Å². The van der Waals surface area contributed by atoms with Crippen molar-refractivity contribution in [2.75, 3.05) is 12.3 Å². The minimum absolute atomic E-state index is 0.126. The summed E-state index contributed by atoms with van der Waals surface area (Å²) in [7, 11) is 0. The van der Waals surface area contributed by atoms with Gasteiger partial charge in [-0.3, -0.25) is 4.57 Å². The molecular weight excluding hydrogens is 505 g/mol. The number of imidazole rings is 1. The highest BCUT2D eigenvalue weighted by atomic mass is 127. The molecule has 30 heavy (non-hydrogen) atoms. The van der Waals surface area contributed by atoms with E-state index in [4.69, 9.17) is 10.5 Å². The van der Waals surface area contributed by atoms with Crippen LogP contribution in [-0.2, 0) is 16.1 Å². The normalized spacial score (nSPS) is 30.9. The van der Waals surface area contributed by atoms with Crippen LogP contribution in [0.4, 0.5) is 5.82 Å². The standard InChI is InChI=1S/C19H22IN5O5/c1-11(2)18(25-10-24-13-14(21)22-9-23-15(13)25)17(27,12-6-4-3-5-7-12)19(28,29)16(20,8-26)30-18/h3-7,9-11,26-29H,8H2,1-2H3,(H2,21,22,23)/t16-,17+,18-/m1/s1. The van der Waals surface area contributed by atoms with Crippen LogP contribution in [0.25, 0.3) is 11.2 Å². The van der Waals surface area contributed by atoms with Crippen LogP contribution < -0.4 is 5.73 Å². The van der Waals surface area contributed by atoms with Gasteiger partial charge in [-0.1, -0.05) is 44.2 Å². The van der Waals surface area contributed by atoms with Gasteiger partial charge in [0.15, 0.2) is 22.8 Å². The monoisotopic (exact) mass is 527 g/mol. The van der Waals surface area contributed by atoms with E-state index in [0.717, 1.165) is 0 Å². The Bertz CT molecular complexity index is 1090. The highest BCUT2D eigenvalue weighted by Crippen LogP contribution is 2.63. The van der Waals surface area contributed by atoms with Crippen LogP contribution in [0.2, 0.25) is 0 Å². The van der Waals surface area contributed by atoms with E-state index >= 15 is 0 Å². The maximum Gasteiger partial charge on any atom is 0.244 e. The van der Waals surface area contributed by atoms with Gasteiger partial charge in [-0.25, -0.2) is 15.0 Å². The molecule has 6 N–H and O–H groups in total. The van der Waals surface area contributed by atoms with Crippen molar-refractivity contribution in [3.8, 4) is 0 Å². The summed E-state index contributed by atoms with van der Waals surface area (Å²) in [6.45, 7) is 2.72. The third kappa shape index (κ3) is 2.38. The van der Waals surface area contributed by atoms with E-state index in [0.29, 0.717) is 0 Å². The predicted molar refractivity (Wildman–Crippen MR) is 115 cm³/mol. The average molecular weight is 527 g/mol. The lowest BCUT2D eigenvalue weighted by molar-refractivity contribution is -0.301. The van der Waals surface area contributed by atoms with E-state index in [-0.39, 0.29) is 22.5 Å². The largest absolute Gasteiger partial charge is 0.392 e. The highest BCUT2D eigenvalue weighted by Gasteiger charge is 2.81. The SMILES string of the molecule is CC(C)[C@@]1(n2cnc3c(N)ncnc32)O[C@](I)(CO)C(O)(O)[C@]1(O)c1ccccc1. The Morgan fingerprint density at radius 2 is 1.80 bits per heavy atom. The minimum atomic E-state index is -2.91. The molecule has 0 aliphatic carbocycles. The molecule has 0 unspecified atom stereocenters. The van der Waals surface area contributed by atoms with Crippen LogP contribution >= 0.6 is 22.6 Å². The molecule has 0 spiro atoms. The lowest BCUT2D eigenvalue weighted by Crippen LogP contribution is -2.65. The Labute approximate surface area is 185 Å². The fourth-order valence-corrected chi connectivity index (χ4v) is 5.00. The van der Waals surface area contributed by atoms with Gasteiger partial charge in [0.25, 0.3) is 0 Å². The second-order valence-electron chi connectivity index (χ2n) is 7.63. The summed E-state index contributed by atoms with van der Waals surface area (Å²) in [5.41, 5.74) is 2.34. The van der Waals surface area contributed by atoms with Crippen molar-refractivity contribution in [3.63, 3.8) is 0 Å². The second-order valence-corrected chi connectivity index (χ2v) is 9.38. The number of hydrogen-bond acceptors (Lipinski definition) is 9. The van der Waals surface area contributed by atoms with Gasteiger partial charge in [-0.2, -0.15) is 0 Å². The molecule has 0 saturated carbocycles. The molecule has 3 heterocycles. The number of rotatable bonds is 4. The lowest BCUT2D eigenvalue weighted by Gasteiger charge is -2.47. The molecule has 160 valence electrons. The van der Waals surface area contributed by atoms with Crippen LogP contribution in [-0.4, -0.2) is 55.9 Å². The van der Waals surface area contributed by atoms with Crippen molar-refractivity contribution in [1.82, 2.24) is 19.5 Å². The maximum absolute atomic E-state index is 12.2. The van der Waals surface area contributed by atoms with Crippen LogP contribution in [0.5, 0.6) is 0 Å². The number of aliphatic hydroxyl groups is 4. The zero-order valence-corrected chi connectivity index (χ0v) is 18.4. The molecule has 10 nitrogen and oxygen atoms in total. The van der Waals surface area contributed by atoms with E-state index in [1.165, 1.54) is 17.2 Å².